The minimum Gasteiger partial charge on any atom is -0.471 e. The molecule has 0 aromatic heterocycles. The summed E-state index contributed by atoms with van der Waals surface area (Å²) in [4.78, 5) is 4.46. The van der Waals surface area contributed by atoms with Crippen molar-refractivity contribution in [1.82, 2.24) is 0 Å². The number of fused-ring (bicyclic) bond motifs is 3. The zero-order valence-electron chi connectivity index (χ0n) is 7.53. The normalized spacial score (nSPS) is 29.2. The van der Waals surface area contributed by atoms with Crippen LogP contribution in [0.2, 0.25) is 0 Å². The van der Waals surface area contributed by atoms with Crippen LogP contribution >= 0.6 is 0 Å². The van der Waals surface area contributed by atoms with Gasteiger partial charge in [0.1, 0.15) is 6.10 Å². The van der Waals surface area contributed by atoms with E-state index in [2.05, 4.69) is 29.3 Å². The summed E-state index contributed by atoms with van der Waals surface area (Å²) in [5.41, 5.74) is 2.72. The standard InChI is InChI=1S/C11H11NO/c1-7-12-10-6-8-4-2-3-5-9(8)11(10)13-7/h2-5,10-11H,6H2,1H3/t10-,11+/m1/s1. The van der Waals surface area contributed by atoms with Gasteiger partial charge >= 0.3 is 0 Å². The summed E-state index contributed by atoms with van der Waals surface area (Å²) in [6.07, 6.45) is 1.24. The SMILES string of the molecule is CC1=N[C@@H]2Cc3ccccc3[C@@H]2O1. The number of aliphatic imine (C=N–C) groups is 1. The van der Waals surface area contributed by atoms with Gasteiger partial charge in [-0.2, -0.15) is 0 Å². The predicted octanol–water partition coefficient (Wildman–Crippen LogP) is 2.10. The molecule has 0 fully saturated rings. The third kappa shape index (κ3) is 0.916. The highest BCUT2D eigenvalue weighted by atomic mass is 16.5. The van der Waals surface area contributed by atoms with Gasteiger partial charge in [0.15, 0.2) is 5.90 Å². The molecule has 2 heteroatoms. The topological polar surface area (TPSA) is 21.6 Å². The molecule has 0 amide bonds. The van der Waals surface area contributed by atoms with E-state index in [-0.39, 0.29) is 6.10 Å². The molecule has 2 nitrogen and oxygen atoms in total. The summed E-state index contributed by atoms with van der Waals surface area (Å²) in [6.45, 7) is 1.93. The molecule has 3 rings (SSSR count). The second kappa shape index (κ2) is 2.34. The van der Waals surface area contributed by atoms with Crippen molar-refractivity contribution in [3.05, 3.63) is 35.4 Å². The zero-order chi connectivity index (χ0) is 8.84. The predicted molar refractivity (Wildman–Crippen MR) is 50.9 cm³/mol. The molecule has 1 aromatic carbocycles. The molecule has 1 aliphatic carbocycles. The number of rotatable bonds is 0. The molecule has 1 aliphatic heterocycles. The number of benzene rings is 1. The van der Waals surface area contributed by atoms with Crippen molar-refractivity contribution < 1.29 is 4.74 Å². The maximum absolute atomic E-state index is 5.66. The van der Waals surface area contributed by atoms with E-state index in [1.807, 2.05) is 6.92 Å². The Bertz CT molecular complexity index is 383. The van der Waals surface area contributed by atoms with Gasteiger partial charge in [0.2, 0.25) is 0 Å². The molecule has 0 spiro atoms. The maximum Gasteiger partial charge on any atom is 0.181 e. The first-order valence-corrected chi connectivity index (χ1v) is 4.63. The van der Waals surface area contributed by atoms with Crippen LogP contribution in [0.3, 0.4) is 0 Å². The first kappa shape index (κ1) is 7.13. The lowest BCUT2D eigenvalue weighted by Gasteiger charge is -2.09. The average molecular weight is 173 g/mol. The Balaban J connectivity index is 2.06. The Labute approximate surface area is 77.3 Å². The minimum absolute atomic E-state index is 0.205. The second-order valence-electron chi connectivity index (χ2n) is 3.66. The van der Waals surface area contributed by atoms with E-state index in [4.69, 9.17) is 4.74 Å². The van der Waals surface area contributed by atoms with E-state index in [9.17, 15) is 0 Å². The van der Waals surface area contributed by atoms with E-state index >= 15 is 0 Å². The van der Waals surface area contributed by atoms with Crippen LogP contribution in [0.15, 0.2) is 29.3 Å². The van der Waals surface area contributed by atoms with Crippen molar-refractivity contribution in [2.75, 3.05) is 0 Å². The lowest BCUT2D eigenvalue weighted by Crippen LogP contribution is -2.06. The molecular formula is C11H11NO. The lowest BCUT2D eigenvalue weighted by atomic mass is 10.1. The van der Waals surface area contributed by atoms with Gasteiger partial charge in [0, 0.05) is 6.92 Å². The molecule has 0 saturated carbocycles. The molecule has 1 heterocycles. The summed E-state index contributed by atoms with van der Waals surface area (Å²) < 4.78 is 5.66. The van der Waals surface area contributed by atoms with Gasteiger partial charge in [-0.05, 0) is 17.5 Å². The van der Waals surface area contributed by atoms with E-state index in [0.29, 0.717) is 6.04 Å². The first-order valence-electron chi connectivity index (χ1n) is 4.63. The van der Waals surface area contributed by atoms with Crippen molar-refractivity contribution >= 4 is 5.90 Å². The van der Waals surface area contributed by atoms with Crippen LogP contribution in [0.25, 0.3) is 0 Å². The molecule has 0 radical (unpaired) electrons. The molecule has 13 heavy (non-hydrogen) atoms. The Morgan fingerprint density at radius 1 is 1.38 bits per heavy atom. The van der Waals surface area contributed by atoms with Crippen molar-refractivity contribution in [3.63, 3.8) is 0 Å². The van der Waals surface area contributed by atoms with Crippen LogP contribution in [-0.2, 0) is 11.2 Å². The van der Waals surface area contributed by atoms with Gasteiger partial charge in [-0.1, -0.05) is 24.3 Å². The van der Waals surface area contributed by atoms with Crippen LogP contribution in [0.5, 0.6) is 0 Å². The largest absolute Gasteiger partial charge is 0.471 e. The smallest absolute Gasteiger partial charge is 0.181 e. The summed E-state index contributed by atoms with van der Waals surface area (Å²) in [6, 6.07) is 8.81. The fourth-order valence-electron chi connectivity index (χ4n) is 2.24. The van der Waals surface area contributed by atoms with Crippen LogP contribution < -0.4 is 0 Å². The first-order chi connectivity index (χ1) is 6.34. The Morgan fingerprint density at radius 3 is 3.15 bits per heavy atom. The summed E-state index contributed by atoms with van der Waals surface area (Å²) in [7, 11) is 0. The maximum atomic E-state index is 5.66. The van der Waals surface area contributed by atoms with E-state index in [1.54, 1.807) is 0 Å². The minimum atomic E-state index is 0.205. The van der Waals surface area contributed by atoms with Crippen LogP contribution in [0.1, 0.15) is 24.2 Å². The fourth-order valence-corrected chi connectivity index (χ4v) is 2.24. The second-order valence-corrected chi connectivity index (χ2v) is 3.66. The molecule has 0 bridgehead atoms. The monoisotopic (exact) mass is 173 g/mol. The van der Waals surface area contributed by atoms with E-state index in [0.717, 1.165) is 12.3 Å². The van der Waals surface area contributed by atoms with Gasteiger partial charge < -0.3 is 4.74 Å². The van der Waals surface area contributed by atoms with Gasteiger partial charge in [-0.15, -0.1) is 0 Å². The van der Waals surface area contributed by atoms with Gasteiger partial charge in [0.05, 0.1) is 6.04 Å². The summed E-state index contributed by atoms with van der Waals surface area (Å²) in [5.74, 6) is 0.838. The Morgan fingerprint density at radius 2 is 2.23 bits per heavy atom. The number of ether oxygens (including phenoxy) is 1. The van der Waals surface area contributed by atoms with Crippen molar-refractivity contribution in [1.29, 1.82) is 0 Å². The molecule has 0 unspecified atom stereocenters. The Kier molecular flexibility index (Phi) is 1.29. The number of nitrogens with zero attached hydrogens (tertiary/aromatic N) is 1. The van der Waals surface area contributed by atoms with Crippen LogP contribution in [0.4, 0.5) is 0 Å². The third-order valence-corrected chi connectivity index (χ3v) is 2.79. The van der Waals surface area contributed by atoms with Gasteiger partial charge in [0.25, 0.3) is 0 Å². The zero-order valence-corrected chi connectivity index (χ0v) is 7.53. The fraction of sp³-hybridized carbons (Fsp3) is 0.364. The van der Waals surface area contributed by atoms with Crippen molar-refractivity contribution in [3.8, 4) is 0 Å². The molecule has 0 N–H and O–H groups in total. The van der Waals surface area contributed by atoms with Crippen LogP contribution in [0, 0.1) is 0 Å². The highest BCUT2D eigenvalue weighted by Gasteiger charge is 2.37. The molecule has 66 valence electrons. The molecule has 2 atom stereocenters. The quantitative estimate of drug-likeness (QED) is 0.588. The van der Waals surface area contributed by atoms with Crippen molar-refractivity contribution in [2.45, 2.75) is 25.5 Å². The van der Waals surface area contributed by atoms with Crippen molar-refractivity contribution in [2.24, 2.45) is 4.99 Å². The summed E-state index contributed by atoms with van der Waals surface area (Å²) >= 11 is 0. The average Bonchev–Trinajstić information content (AvgIpc) is 2.60. The number of hydrogen-bond acceptors (Lipinski definition) is 2. The highest BCUT2D eigenvalue weighted by molar-refractivity contribution is 5.76. The third-order valence-electron chi connectivity index (χ3n) is 2.79. The molecular weight excluding hydrogens is 162 g/mol. The van der Waals surface area contributed by atoms with Gasteiger partial charge in [-0.25, -0.2) is 4.99 Å². The summed E-state index contributed by atoms with van der Waals surface area (Å²) in [5, 5.41) is 0. The molecule has 2 aliphatic rings. The lowest BCUT2D eigenvalue weighted by molar-refractivity contribution is 0.207. The van der Waals surface area contributed by atoms with E-state index < -0.39 is 0 Å². The van der Waals surface area contributed by atoms with Crippen LogP contribution in [-0.4, -0.2) is 11.9 Å². The van der Waals surface area contributed by atoms with E-state index in [1.165, 1.54) is 11.1 Å². The molecule has 1 aromatic rings. The number of hydrogen-bond donors (Lipinski definition) is 0. The molecule has 0 saturated heterocycles. The van der Waals surface area contributed by atoms with Gasteiger partial charge in [-0.3, -0.25) is 0 Å². The Hall–Kier alpha value is -1.31. The highest BCUT2D eigenvalue weighted by Crippen LogP contribution is 2.39.